The van der Waals surface area contributed by atoms with Crippen LogP contribution in [0.2, 0.25) is 0 Å². The van der Waals surface area contributed by atoms with E-state index in [-0.39, 0.29) is 0 Å². The van der Waals surface area contributed by atoms with E-state index in [9.17, 15) is 0 Å². The van der Waals surface area contributed by atoms with Crippen molar-refractivity contribution in [3.05, 3.63) is 25.3 Å². The number of rotatable bonds is 7. The molecule has 0 aliphatic heterocycles. The van der Waals surface area contributed by atoms with Crippen LogP contribution in [0.4, 0.5) is 0 Å². The highest BCUT2D eigenvalue weighted by Gasteiger charge is 2.00. The highest BCUT2D eigenvalue weighted by atomic mass is 31.2. The molecular formula is C8H22N2O8P2. The third kappa shape index (κ3) is 111. The van der Waals surface area contributed by atoms with E-state index < -0.39 is 15.6 Å². The van der Waals surface area contributed by atoms with Crippen molar-refractivity contribution in [1.82, 2.24) is 10.6 Å². The molecule has 8 N–H and O–H groups in total. The van der Waals surface area contributed by atoms with Gasteiger partial charge in [0, 0.05) is 26.2 Å². The minimum Gasteiger partial charge on any atom is -0.312 e. The topological polar surface area (TPSA) is 180 Å². The van der Waals surface area contributed by atoms with Crippen molar-refractivity contribution in [3.8, 4) is 0 Å². The van der Waals surface area contributed by atoms with Crippen LogP contribution in [0.25, 0.3) is 0 Å². The average Bonchev–Trinajstić information content (AvgIpc) is 2.18. The van der Waals surface area contributed by atoms with Gasteiger partial charge in [0.15, 0.2) is 0 Å². The lowest BCUT2D eigenvalue weighted by Gasteiger charge is -2.00. The monoisotopic (exact) mass is 336 g/mol. The molecule has 0 heterocycles. The number of hydrogen-bond acceptors (Lipinski definition) is 4. The highest BCUT2D eigenvalue weighted by Crippen LogP contribution is 2.26. The minimum absolute atomic E-state index is 0.885. The zero-order valence-corrected chi connectivity index (χ0v) is 12.6. The summed E-state index contributed by atoms with van der Waals surface area (Å²) in [4.78, 5) is 43.1. The summed E-state index contributed by atoms with van der Waals surface area (Å²) in [5, 5.41) is 6.36. The Morgan fingerprint density at radius 1 is 0.750 bits per heavy atom. The van der Waals surface area contributed by atoms with E-state index in [1.165, 1.54) is 0 Å². The maximum Gasteiger partial charge on any atom is 0.466 e. The van der Waals surface area contributed by atoms with Gasteiger partial charge in [0.25, 0.3) is 0 Å². The molecule has 0 unspecified atom stereocenters. The van der Waals surface area contributed by atoms with E-state index in [0.29, 0.717) is 0 Å². The molecule has 0 saturated carbocycles. The molecule has 0 fully saturated rings. The van der Waals surface area contributed by atoms with Gasteiger partial charge in [-0.1, -0.05) is 12.2 Å². The molecular weight excluding hydrogens is 314 g/mol. The third-order valence-electron chi connectivity index (χ3n) is 1.06. The largest absolute Gasteiger partial charge is 0.466 e. The Morgan fingerprint density at radius 2 is 0.950 bits per heavy atom. The van der Waals surface area contributed by atoms with Gasteiger partial charge in [-0.05, 0) is 0 Å². The van der Waals surface area contributed by atoms with Gasteiger partial charge in [-0.15, -0.1) is 13.2 Å². The van der Waals surface area contributed by atoms with E-state index in [0.717, 1.165) is 26.2 Å². The van der Waals surface area contributed by atoms with Crippen LogP contribution in [0.15, 0.2) is 25.3 Å². The molecule has 10 nitrogen and oxygen atoms in total. The Labute approximate surface area is 117 Å². The maximum absolute atomic E-state index is 8.88. The van der Waals surface area contributed by atoms with Crippen molar-refractivity contribution in [1.29, 1.82) is 0 Å². The molecule has 0 aromatic heterocycles. The van der Waals surface area contributed by atoms with E-state index >= 15 is 0 Å². The molecule has 0 aliphatic carbocycles. The van der Waals surface area contributed by atoms with Gasteiger partial charge in [-0.2, -0.15) is 0 Å². The lowest BCUT2D eigenvalue weighted by Crippen LogP contribution is -2.27. The summed E-state index contributed by atoms with van der Waals surface area (Å²) in [5.41, 5.74) is 0. The average molecular weight is 336 g/mol. The molecule has 0 saturated heterocycles. The summed E-state index contributed by atoms with van der Waals surface area (Å²) >= 11 is 0. The number of nitrogens with one attached hydrogen (secondary N) is 2. The lowest BCUT2D eigenvalue weighted by molar-refractivity contribution is 0.272. The van der Waals surface area contributed by atoms with Crippen LogP contribution < -0.4 is 10.6 Å². The Morgan fingerprint density at radius 3 is 1.10 bits per heavy atom. The van der Waals surface area contributed by atoms with Crippen molar-refractivity contribution in [3.63, 3.8) is 0 Å². The summed E-state index contributed by atoms with van der Waals surface area (Å²) < 4.78 is 17.8. The Bertz CT molecular complexity index is 278. The van der Waals surface area contributed by atoms with Gasteiger partial charge in [-0.25, -0.2) is 9.13 Å². The van der Waals surface area contributed by atoms with Gasteiger partial charge in [0.2, 0.25) is 0 Å². The van der Waals surface area contributed by atoms with Gasteiger partial charge in [0.05, 0.1) is 0 Å². The predicted molar refractivity (Wildman–Crippen MR) is 74.7 cm³/mol. The second kappa shape index (κ2) is 15.0. The van der Waals surface area contributed by atoms with Crippen molar-refractivity contribution in [2.45, 2.75) is 0 Å². The minimum atomic E-state index is -4.64. The summed E-state index contributed by atoms with van der Waals surface area (Å²) in [5.74, 6) is 0. The summed E-state index contributed by atoms with van der Waals surface area (Å²) in [6.07, 6.45) is 3.71. The van der Waals surface area contributed by atoms with Crippen molar-refractivity contribution in [2.75, 3.05) is 26.2 Å². The number of phosphoric acid groups is 2. The maximum atomic E-state index is 8.88. The standard InChI is InChI=1S/C8H16N2.2H3O4P/c1-3-5-9-7-8-10-6-4-2;2*1-5(2,3)4/h3-4,9-10H,1-2,5-8H2;2*(H3,1,2,3,4). The fraction of sp³-hybridized carbons (Fsp3) is 0.500. The van der Waals surface area contributed by atoms with Gasteiger partial charge in [0.1, 0.15) is 0 Å². The molecule has 0 aliphatic rings. The quantitative estimate of drug-likeness (QED) is 0.158. The van der Waals surface area contributed by atoms with Crippen LogP contribution in [0, 0.1) is 0 Å². The molecule has 20 heavy (non-hydrogen) atoms. The summed E-state index contributed by atoms with van der Waals surface area (Å²) in [6.45, 7) is 10.9. The third-order valence-corrected chi connectivity index (χ3v) is 1.06. The molecule has 0 rings (SSSR count). The van der Waals surface area contributed by atoms with Crippen molar-refractivity contribution in [2.24, 2.45) is 0 Å². The fourth-order valence-corrected chi connectivity index (χ4v) is 0.585. The molecule has 122 valence electrons. The van der Waals surface area contributed by atoms with Crippen LogP contribution in [0.5, 0.6) is 0 Å². The van der Waals surface area contributed by atoms with Crippen molar-refractivity contribution >= 4 is 15.6 Å². The van der Waals surface area contributed by atoms with E-state index in [1.807, 2.05) is 12.2 Å². The van der Waals surface area contributed by atoms with E-state index in [1.54, 1.807) is 0 Å². The van der Waals surface area contributed by atoms with Gasteiger partial charge >= 0.3 is 15.6 Å². The predicted octanol–water partition coefficient (Wildman–Crippen LogP) is -1.32. The van der Waals surface area contributed by atoms with Gasteiger partial charge < -0.3 is 40.0 Å². The molecule has 0 atom stereocenters. The summed E-state index contributed by atoms with van der Waals surface area (Å²) in [6, 6.07) is 0. The smallest absolute Gasteiger partial charge is 0.312 e. The van der Waals surface area contributed by atoms with Crippen molar-refractivity contribution < 1.29 is 38.5 Å². The SMILES string of the molecule is C=CCNCCNCC=C.O=P(O)(O)O.O=P(O)(O)O. The van der Waals surface area contributed by atoms with E-state index in [4.69, 9.17) is 38.5 Å². The first-order valence-electron chi connectivity index (χ1n) is 5.11. The first-order chi connectivity index (χ1) is 8.91. The normalized spacial score (nSPS) is 10.5. The second-order valence-corrected chi connectivity index (χ2v) is 5.07. The first kappa shape index (κ1) is 24.6. The molecule has 0 bridgehead atoms. The highest BCUT2D eigenvalue weighted by molar-refractivity contribution is 7.45. The molecule has 0 amide bonds. The summed E-state index contributed by atoms with van der Waals surface area (Å²) in [7, 11) is -9.28. The zero-order chi connectivity index (χ0) is 16.7. The number of hydrogen-bond donors (Lipinski definition) is 8. The molecule has 12 heteroatoms. The first-order valence-corrected chi connectivity index (χ1v) is 8.24. The lowest BCUT2D eigenvalue weighted by atomic mass is 10.5. The van der Waals surface area contributed by atoms with Gasteiger partial charge in [-0.3, -0.25) is 0 Å². The fourth-order valence-electron chi connectivity index (χ4n) is 0.585. The molecule has 0 aromatic carbocycles. The molecule has 0 spiro atoms. The van der Waals surface area contributed by atoms with Crippen LogP contribution in [0.1, 0.15) is 0 Å². The Kier molecular flexibility index (Phi) is 18.5. The van der Waals surface area contributed by atoms with Crippen LogP contribution >= 0.6 is 15.6 Å². The van der Waals surface area contributed by atoms with Crippen LogP contribution in [-0.2, 0) is 9.13 Å². The van der Waals surface area contributed by atoms with Crippen LogP contribution in [-0.4, -0.2) is 55.5 Å². The molecule has 0 radical (unpaired) electrons. The Balaban J connectivity index is -0.000000244. The van der Waals surface area contributed by atoms with E-state index in [2.05, 4.69) is 23.8 Å². The second-order valence-electron chi connectivity index (χ2n) is 3.01. The zero-order valence-electron chi connectivity index (χ0n) is 10.8. The van der Waals surface area contributed by atoms with Crippen LogP contribution in [0.3, 0.4) is 0 Å². The Hall–Kier alpha value is -0.380. The molecule has 0 aromatic rings.